The van der Waals surface area contributed by atoms with Crippen molar-refractivity contribution >= 4 is 28.2 Å². The molecule has 136 valence electrons. The number of para-hydroxylation sites is 1. The molecule has 3 N–H and O–H groups in total. The van der Waals surface area contributed by atoms with Gasteiger partial charge in [-0.15, -0.1) is 11.3 Å². The monoisotopic (exact) mass is 376 g/mol. The maximum atomic E-state index is 11.1. The van der Waals surface area contributed by atoms with Gasteiger partial charge in [0.05, 0.1) is 0 Å². The highest BCUT2D eigenvalue weighted by atomic mass is 32.1. The molecule has 4 aromatic rings. The number of carbonyl (C=O) groups is 1. The first kappa shape index (κ1) is 17.5. The van der Waals surface area contributed by atoms with Crippen molar-refractivity contribution in [1.82, 2.24) is 10.3 Å². The molecule has 0 aliphatic carbocycles. The number of rotatable bonds is 7. The Morgan fingerprint density at radius 2 is 1.96 bits per heavy atom. The number of aromatic nitrogens is 1. The summed E-state index contributed by atoms with van der Waals surface area (Å²) < 4.78 is 0. The normalized spacial score (nSPS) is 11.1. The number of aromatic amines is 1. The molecule has 4 rings (SSSR count). The molecule has 0 saturated heterocycles. The Morgan fingerprint density at radius 1 is 1.07 bits per heavy atom. The van der Waals surface area contributed by atoms with Crippen LogP contribution in [0.25, 0.3) is 21.3 Å². The molecule has 0 aliphatic rings. The molecule has 0 spiro atoms. The maximum absolute atomic E-state index is 11.1. The van der Waals surface area contributed by atoms with Crippen LogP contribution in [-0.2, 0) is 13.0 Å². The van der Waals surface area contributed by atoms with Crippen molar-refractivity contribution in [2.45, 2.75) is 13.0 Å². The fraction of sp³-hybridized carbons (Fsp3) is 0.136. The van der Waals surface area contributed by atoms with Crippen LogP contribution in [0.2, 0.25) is 0 Å². The summed E-state index contributed by atoms with van der Waals surface area (Å²) in [4.78, 5) is 15.7. The van der Waals surface area contributed by atoms with Crippen LogP contribution in [0.4, 0.5) is 0 Å². The Balaban J connectivity index is 1.36. The van der Waals surface area contributed by atoms with E-state index >= 15 is 0 Å². The first-order valence-electron chi connectivity index (χ1n) is 8.89. The summed E-state index contributed by atoms with van der Waals surface area (Å²) in [5.41, 5.74) is 4.75. The number of hydrogen-bond acceptors (Lipinski definition) is 3. The predicted molar refractivity (Wildman–Crippen MR) is 110 cm³/mol. The highest BCUT2D eigenvalue weighted by Gasteiger charge is 2.09. The van der Waals surface area contributed by atoms with E-state index in [9.17, 15) is 4.79 Å². The Hall–Kier alpha value is -2.89. The van der Waals surface area contributed by atoms with Gasteiger partial charge >= 0.3 is 5.97 Å². The topological polar surface area (TPSA) is 65.1 Å². The number of benzene rings is 2. The van der Waals surface area contributed by atoms with E-state index in [2.05, 4.69) is 46.8 Å². The molecule has 0 bridgehead atoms. The first-order chi connectivity index (χ1) is 13.2. The van der Waals surface area contributed by atoms with Crippen molar-refractivity contribution < 1.29 is 9.90 Å². The Bertz CT molecular complexity index is 1080. The van der Waals surface area contributed by atoms with Crippen LogP contribution >= 0.6 is 11.3 Å². The second kappa shape index (κ2) is 7.78. The summed E-state index contributed by atoms with van der Waals surface area (Å²) in [5.74, 6) is -0.874. The zero-order chi connectivity index (χ0) is 18.6. The maximum Gasteiger partial charge on any atom is 0.345 e. The Kier molecular flexibility index (Phi) is 5.05. The SMILES string of the molecule is O=C(O)c1ccc(-c2cccc(CNCCc3c[nH]c4ccccc34)c2)s1. The fourth-order valence-corrected chi connectivity index (χ4v) is 4.08. The molecule has 0 unspecified atom stereocenters. The third kappa shape index (κ3) is 3.94. The van der Waals surface area contributed by atoms with Crippen LogP contribution < -0.4 is 5.32 Å². The van der Waals surface area contributed by atoms with Crippen LogP contribution in [0.1, 0.15) is 20.8 Å². The van der Waals surface area contributed by atoms with Crippen LogP contribution in [-0.4, -0.2) is 22.6 Å². The lowest BCUT2D eigenvalue weighted by Gasteiger charge is -2.06. The number of nitrogens with one attached hydrogen (secondary N) is 2. The van der Waals surface area contributed by atoms with Crippen molar-refractivity contribution in [3.63, 3.8) is 0 Å². The second-order valence-electron chi connectivity index (χ2n) is 6.46. The molecule has 4 nitrogen and oxygen atoms in total. The largest absolute Gasteiger partial charge is 0.477 e. The summed E-state index contributed by atoms with van der Waals surface area (Å²) in [5, 5.41) is 13.9. The summed E-state index contributed by atoms with van der Waals surface area (Å²) in [6.45, 7) is 1.68. The lowest BCUT2D eigenvalue weighted by Crippen LogP contribution is -2.16. The quantitative estimate of drug-likeness (QED) is 0.401. The smallest absolute Gasteiger partial charge is 0.345 e. The van der Waals surface area contributed by atoms with Gasteiger partial charge in [-0.05, 0) is 53.9 Å². The minimum Gasteiger partial charge on any atom is -0.477 e. The molecule has 0 aliphatic heterocycles. The van der Waals surface area contributed by atoms with Gasteiger partial charge in [0.25, 0.3) is 0 Å². The van der Waals surface area contributed by atoms with Gasteiger partial charge in [-0.1, -0.05) is 36.4 Å². The van der Waals surface area contributed by atoms with Crippen molar-refractivity contribution in [3.05, 3.63) is 82.9 Å². The number of aromatic carboxylic acids is 1. The van der Waals surface area contributed by atoms with E-state index in [0.29, 0.717) is 4.88 Å². The lowest BCUT2D eigenvalue weighted by molar-refractivity contribution is 0.0702. The van der Waals surface area contributed by atoms with Gasteiger partial charge < -0.3 is 15.4 Å². The van der Waals surface area contributed by atoms with Gasteiger partial charge in [0.1, 0.15) is 4.88 Å². The van der Waals surface area contributed by atoms with Gasteiger partial charge in [-0.2, -0.15) is 0 Å². The third-order valence-corrected chi connectivity index (χ3v) is 5.73. The zero-order valence-electron chi connectivity index (χ0n) is 14.7. The van der Waals surface area contributed by atoms with E-state index < -0.39 is 5.97 Å². The minimum atomic E-state index is -0.874. The fourth-order valence-electron chi connectivity index (χ4n) is 3.24. The number of fused-ring (bicyclic) bond motifs is 1. The summed E-state index contributed by atoms with van der Waals surface area (Å²) in [7, 11) is 0. The van der Waals surface area contributed by atoms with Gasteiger partial charge in [0, 0.05) is 28.5 Å². The molecule has 0 atom stereocenters. The molecule has 27 heavy (non-hydrogen) atoms. The summed E-state index contributed by atoms with van der Waals surface area (Å²) in [6.07, 6.45) is 3.06. The number of carboxylic acid groups (broad SMARTS) is 1. The van der Waals surface area contributed by atoms with E-state index in [4.69, 9.17) is 5.11 Å². The number of H-pyrrole nitrogens is 1. The predicted octanol–water partition coefficient (Wildman–Crippen LogP) is 4.93. The van der Waals surface area contributed by atoms with Gasteiger partial charge in [0.15, 0.2) is 0 Å². The number of hydrogen-bond donors (Lipinski definition) is 3. The average Bonchev–Trinajstić information content (AvgIpc) is 3.33. The summed E-state index contributed by atoms with van der Waals surface area (Å²) in [6, 6.07) is 20.1. The van der Waals surface area contributed by atoms with E-state index in [-0.39, 0.29) is 0 Å². The van der Waals surface area contributed by atoms with Crippen molar-refractivity contribution in [2.75, 3.05) is 6.54 Å². The molecular formula is C22H20N2O2S. The molecule has 0 radical (unpaired) electrons. The van der Waals surface area contributed by atoms with Gasteiger partial charge in [-0.3, -0.25) is 0 Å². The lowest BCUT2D eigenvalue weighted by atomic mass is 10.1. The minimum absolute atomic E-state index is 0.368. The van der Waals surface area contributed by atoms with Crippen LogP contribution in [0.15, 0.2) is 66.9 Å². The van der Waals surface area contributed by atoms with E-state index in [1.165, 1.54) is 33.4 Å². The Labute approximate surface area is 161 Å². The number of thiophene rings is 1. The van der Waals surface area contributed by atoms with E-state index in [1.807, 2.05) is 24.3 Å². The molecule has 2 aromatic carbocycles. The average molecular weight is 376 g/mol. The molecule has 0 amide bonds. The molecule has 2 heterocycles. The number of carboxylic acids is 1. The van der Waals surface area contributed by atoms with Crippen molar-refractivity contribution in [3.8, 4) is 10.4 Å². The highest BCUT2D eigenvalue weighted by Crippen LogP contribution is 2.28. The van der Waals surface area contributed by atoms with E-state index in [1.54, 1.807) is 6.07 Å². The summed E-state index contributed by atoms with van der Waals surface area (Å²) >= 11 is 1.31. The zero-order valence-corrected chi connectivity index (χ0v) is 15.6. The third-order valence-electron chi connectivity index (χ3n) is 4.60. The standard InChI is InChI=1S/C22H20N2O2S/c25-22(26)21-9-8-20(27-21)16-5-3-4-15(12-16)13-23-11-10-17-14-24-19-7-2-1-6-18(17)19/h1-9,12,14,23-24H,10-11,13H2,(H,25,26). The molecule has 5 heteroatoms. The second-order valence-corrected chi connectivity index (χ2v) is 7.54. The molecule has 0 saturated carbocycles. The molecular weight excluding hydrogens is 356 g/mol. The Morgan fingerprint density at radius 3 is 2.81 bits per heavy atom. The van der Waals surface area contributed by atoms with Gasteiger partial charge in [-0.25, -0.2) is 4.79 Å². The highest BCUT2D eigenvalue weighted by molar-refractivity contribution is 7.17. The van der Waals surface area contributed by atoms with Crippen LogP contribution in [0.3, 0.4) is 0 Å². The van der Waals surface area contributed by atoms with Crippen molar-refractivity contribution in [2.24, 2.45) is 0 Å². The first-order valence-corrected chi connectivity index (χ1v) is 9.70. The van der Waals surface area contributed by atoms with Gasteiger partial charge in [0.2, 0.25) is 0 Å². The van der Waals surface area contributed by atoms with Crippen molar-refractivity contribution in [1.29, 1.82) is 0 Å². The van der Waals surface area contributed by atoms with Crippen LogP contribution in [0, 0.1) is 0 Å². The van der Waals surface area contributed by atoms with Crippen LogP contribution in [0.5, 0.6) is 0 Å². The van der Waals surface area contributed by atoms with E-state index in [0.717, 1.165) is 30.0 Å². The molecule has 0 fully saturated rings. The molecule has 2 aromatic heterocycles.